The molecule has 8 nitrogen and oxygen atoms in total. The van der Waals surface area contributed by atoms with Crippen LogP contribution in [0.2, 0.25) is 0 Å². The van der Waals surface area contributed by atoms with Gasteiger partial charge in [-0.05, 0) is 68.5 Å². The molecule has 1 aliphatic heterocycles. The van der Waals surface area contributed by atoms with Crippen LogP contribution in [-0.2, 0) is 16.2 Å². The molecule has 1 N–H and O–H groups in total. The fourth-order valence-electron chi connectivity index (χ4n) is 4.62. The van der Waals surface area contributed by atoms with Crippen LogP contribution in [0.15, 0.2) is 72.3 Å². The molecule has 1 atom stereocenters. The summed E-state index contributed by atoms with van der Waals surface area (Å²) >= 11 is 0. The second-order valence-electron chi connectivity index (χ2n) is 9.71. The van der Waals surface area contributed by atoms with E-state index in [0.717, 1.165) is 11.1 Å². The predicted molar refractivity (Wildman–Crippen MR) is 149 cm³/mol. The van der Waals surface area contributed by atoms with Crippen molar-refractivity contribution in [1.82, 2.24) is 9.80 Å². The number of likely N-dealkylation sites (N-methyl/N-ethyl adjacent to an activating group) is 1. The zero-order valence-electron chi connectivity index (χ0n) is 22.9. The molecule has 3 aromatic rings. The summed E-state index contributed by atoms with van der Waals surface area (Å²) in [6.07, 6.45) is 0. The van der Waals surface area contributed by atoms with Crippen molar-refractivity contribution in [2.75, 3.05) is 41.4 Å². The van der Waals surface area contributed by atoms with Crippen molar-refractivity contribution in [2.24, 2.45) is 0 Å². The van der Waals surface area contributed by atoms with E-state index in [2.05, 4.69) is 6.07 Å². The fourth-order valence-corrected chi connectivity index (χ4v) is 4.62. The molecule has 0 radical (unpaired) electrons. The molecule has 1 aliphatic rings. The molecule has 3 aromatic carbocycles. The normalized spacial score (nSPS) is 16.6. The molecule has 0 aliphatic carbocycles. The number of rotatable bonds is 10. The summed E-state index contributed by atoms with van der Waals surface area (Å²) in [5.41, 5.74) is 3.27. The number of methoxy groups -OCH3 is 2. The van der Waals surface area contributed by atoms with Gasteiger partial charge in [-0.2, -0.15) is 0 Å². The van der Waals surface area contributed by atoms with Gasteiger partial charge in [0, 0.05) is 18.7 Å². The molecule has 204 valence electrons. The van der Waals surface area contributed by atoms with Gasteiger partial charge >= 0.3 is 0 Å². The van der Waals surface area contributed by atoms with Crippen LogP contribution in [0.3, 0.4) is 0 Å². The summed E-state index contributed by atoms with van der Waals surface area (Å²) in [4.78, 5) is 29.9. The van der Waals surface area contributed by atoms with Crippen LogP contribution >= 0.6 is 0 Å². The number of hydrogen-bond donors (Lipinski definition) is 1. The average Bonchev–Trinajstić information content (AvgIpc) is 3.19. The first kappa shape index (κ1) is 27.7. The maximum atomic E-state index is 13.3. The minimum atomic E-state index is -0.790. The first-order valence-corrected chi connectivity index (χ1v) is 12.7. The predicted octanol–water partition coefficient (Wildman–Crippen LogP) is 4.57. The van der Waals surface area contributed by atoms with Crippen LogP contribution in [0.1, 0.15) is 28.3 Å². The van der Waals surface area contributed by atoms with E-state index in [1.54, 1.807) is 42.5 Å². The molecule has 1 heterocycles. The number of carbonyl (C=O) groups excluding carboxylic acids is 2. The molecular weight excluding hydrogens is 496 g/mol. The zero-order chi connectivity index (χ0) is 28.1. The molecule has 8 heteroatoms. The molecule has 0 bridgehead atoms. The van der Waals surface area contributed by atoms with E-state index in [1.807, 2.05) is 44.1 Å². The van der Waals surface area contributed by atoms with E-state index >= 15 is 0 Å². The lowest BCUT2D eigenvalue weighted by Gasteiger charge is -2.27. The minimum absolute atomic E-state index is 0.0272. The van der Waals surface area contributed by atoms with Crippen molar-refractivity contribution in [3.8, 4) is 17.2 Å². The monoisotopic (exact) mass is 530 g/mol. The number of aliphatic hydroxyl groups is 1. The van der Waals surface area contributed by atoms with Gasteiger partial charge in [0.2, 0.25) is 0 Å². The number of hydrogen-bond acceptors (Lipinski definition) is 7. The molecule has 1 saturated heterocycles. The van der Waals surface area contributed by atoms with Gasteiger partial charge in [-0.15, -0.1) is 0 Å². The molecule has 0 aromatic heterocycles. The molecule has 0 spiro atoms. The first-order valence-electron chi connectivity index (χ1n) is 12.7. The molecule has 39 heavy (non-hydrogen) atoms. The topological polar surface area (TPSA) is 88.5 Å². The Balaban J connectivity index is 1.69. The van der Waals surface area contributed by atoms with Crippen LogP contribution in [0.5, 0.6) is 17.2 Å². The summed E-state index contributed by atoms with van der Waals surface area (Å²) in [6.45, 7) is 3.28. The second kappa shape index (κ2) is 12.0. The number of carbonyl (C=O) groups is 2. The number of aryl methyl sites for hydroxylation is 1. The highest BCUT2D eigenvalue weighted by Gasteiger charge is 2.46. The summed E-state index contributed by atoms with van der Waals surface area (Å²) in [5, 5.41) is 11.4. The van der Waals surface area contributed by atoms with Crippen LogP contribution in [0.25, 0.3) is 5.76 Å². The van der Waals surface area contributed by atoms with Gasteiger partial charge in [0.15, 0.2) is 11.5 Å². The zero-order valence-corrected chi connectivity index (χ0v) is 22.9. The molecular formula is C31H34N2O6. The SMILES string of the molecule is COc1ccc([C@H]2C(=C(O)c3ccc(OCc4cccc(C)c4)cc3)C(=O)C(=O)N2CCN(C)C)cc1OC. The summed E-state index contributed by atoms with van der Waals surface area (Å²) in [5.74, 6) is -0.0279. The summed E-state index contributed by atoms with van der Waals surface area (Å²) in [7, 11) is 6.84. The van der Waals surface area contributed by atoms with E-state index in [9.17, 15) is 14.7 Å². The number of likely N-dealkylation sites (tertiary alicyclic amines) is 1. The standard InChI is InChI=1S/C31H34N2O6/c1-20-7-6-8-21(17-20)19-39-24-12-9-22(10-13-24)29(34)27-28(23-11-14-25(37-4)26(18-23)38-5)33(16-15-32(2)3)31(36)30(27)35/h6-14,17-18,28,34H,15-16,19H2,1-5H3/t28-/m0/s1. The minimum Gasteiger partial charge on any atom is -0.507 e. The highest BCUT2D eigenvalue weighted by molar-refractivity contribution is 6.46. The highest BCUT2D eigenvalue weighted by atomic mass is 16.5. The first-order chi connectivity index (χ1) is 18.7. The number of ketones is 1. The number of benzene rings is 3. The van der Waals surface area contributed by atoms with Gasteiger partial charge in [-0.3, -0.25) is 9.59 Å². The van der Waals surface area contributed by atoms with Crippen molar-refractivity contribution in [3.05, 3.63) is 94.6 Å². The van der Waals surface area contributed by atoms with Crippen molar-refractivity contribution >= 4 is 17.4 Å². The van der Waals surface area contributed by atoms with E-state index in [-0.39, 0.29) is 11.3 Å². The van der Waals surface area contributed by atoms with Crippen molar-refractivity contribution in [2.45, 2.75) is 19.6 Å². The largest absolute Gasteiger partial charge is 0.507 e. The molecule has 4 rings (SSSR count). The van der Waals surface area contributed by atoms with E-state index < -0.39 is 17.7 Å². The van der Waals surface area contributed by atoms with E-state index in [0.29, 0.717) is 48.1 Å². The van der Waals surface area contributed by atoms with Crippen molar-refractivity contribution in [1.29, 1.82) is 0 Å². The average molecular weight is 531 g/mol. The Morgan fingerprint density at radius 2 is 1.67 bits per heavy atom. The number of nitrogens with zero attached hydrogens (tertiary/aromatic N) is 2. The Hall–Kier alpha value is -4.30. The second-order valence-corrected chi connectivity index (χ2v) is 9.71. The van der Waals surface area contributed by atoms with E-state index in [4.69, 9.17) is 14.2 Å². The van der Waals surface area contributed by atoms with Crippen molar-refractivity contribution in [3.63, 3.8) is 0 Å². The van der Waals surface area contributed by atoms with Gasteiger partial charge in [-0.1, -0.05) is 35.9 Å². The third-order valence-corrected chi connectivity index (χ3v) is 6.67. The molecule has 1 fully saturated rings. The maximum Gasteiger partial charge on any atom is 0.295 e. The van der Waals surface area contributed by atoms with Gasteiger partial charge in [0.1, 0.15) is 18.1 Å². The van der Waals surface area contributed by atoms with Crippen LogP contribution in [0, 0.1) is 6.92 Å². The van der Waals surface area contributed by atoms with Crippen LogP contribution < -0.4 is 14.2 Å². The maximum absolute atomic E-state index is 13.3. The number of aliphatic hydroxyl groups excluding tert-OH is 1. The lowest BCUT2D eigenvalue weighted by Crippen LogP contribution is -2.35. The Morgan fingerprint density at radius 3 is 2.31 bits per heavy atom. The quantitative estimate of drug-likeness (QED) is 0.233. The molecule has 0 unspecified atom stereocenters. The number of Topliss-reactive ketones (excluding diaryl/α,β-unsaturated/α-hetero) is 1. The Labute approximate surface area is 229 Å². The summed E-state index contributed by atoms with van der Waals surface area (Å²) in [6, 6.07) is 19.3. The van der Waals surface area contributed by atoms with Gasteiger partial charge < -0.3 is 29.1 Å². The van der Waals surface area contributed by atoms with Gasteiger partial charge in [0.25, 0.3) is 11.7 Å². The van der Waals surface area contributed by atoms with Crippen LogP contribution in [0.4, 0.5) is 0 Å². The van der Waals surface area contributed by atoms with Gasteiger partial charge in [0.05, 0.1) is 25.8 Å². The third-order valence-electron chi connectivity index (χ3n) is 6.67. The van der Waals surface area contributed by atoms with Crippen LogP contribution in [-0.4, -0.2) is 68.0 Å². The molecule has 1 amide bonds. The van der Waals surface area contributed by atoms with Gasteiger partial charge in [-0.25, -0.2) is 0 Å². The smallest absolute Gasteiger partial charge is 0.295 e. The lowest BCUT2D eigenvalue weighted by molar-refractivity contribution is -0.140. The van der Waals surface area contributed by atoms with Crippen molar-refractivity contribution < 1.29 is 28.9 Å². The number of amides is 1. The Bertz CT molecular complexity index is 1380. The van der Waals surface area contributed by atoms with E-state index in [1.165, 1.54) is 19.1 Å². The third kappa shape index (κ3) is 6.07. The Kier molecular flexibility index (Phi) is 8.56. The molecule has 0 saturated carbocycles. The Morgan fingerprint density at radius 1 is 0.949 bits per heavy atom. The number of ether oxygens (including phenoxy) is 3. The summed E-state index contributed by atoms with van der Waals surface area (Å²) < 4.78 is 16.7. The lowest BCUT2D eigenvalue weighted by atomic mass is 9.95. The fraction of sp³-hybridized carbons (Fsp3) is 0.290. The highest BCUT2D eigenvalue weighted by Crippen LogP contribution is 2.42.